The van der Waals surface area contributed by atoms with Gasteiger partial charge in [0, 0.05) is 18.4 Å². The van der Waals surface area contributed by atoms with Crippen molar-refractivity contribution in [3.63, 3.8) is 0 Å². The average molecular weight is 199 g/mol. The van der Waals surface area contributed by atoms with Crippen LogP contribution < -0.4 is 5.73 Å². The molecule has 0 spiro atoms. The third kappa shape index (κ3) is 7.07. The lowest BCUT2D eigenvalue weighted by molar-refractivity contribution is -0.120. The standard InChI is InChI=1S/C12H25NO/c1-5-10(6-2)9-11(14)7-8-12(3,4)13/h10H,5-9,13H2,1-4H3. The Labute approximate surface area is 88.3 Å². The molecule has 0 aliphatic heterocycles. The minimum atomic E-state index is -0.205. The zero-order chi connectivity index (χ0) is 11.2. The largest absolute Gasteiger partial charge is 0.326 e. The molecule has 0 aromatic carbocycles. The Bertz CT molecular complexity index is 166. The maximum absolute atomic E-state index is 11.6. The van der Waals surface area contributed by atoms with E-state index in [1.807, 2.05) is 13.8 Å². The van der Waals surface area contributed by atoms with Gasteiger partial charge in [0.1, 0.15) is 5.78 Å². The molecule has 0 aromatic heterocycles. The summed E-state index contributed by atoms with van der Waals surface area (Å²) in [7, 11) is 0. The van der Waals surface area contributed by atoms with Crippen LogP contribution in [0.5, 0.6) is 0 Å². The second kappa shape index (κ2) is 6.18. The second-order valence-electron chi connectivity index (χ2n) is 4.91. The van der Waals surface area contributed by atoms with E-state index in [9.17, 15) is 4.79 Å². The topological polar surface area (TPSA) is 43.1 Å². The molecule has 0 aliphatic carbocycles. The van der Waals surface area contributed by atoms with Crippen LogP contribution in [-0.2, 0) is 4.79 Å². The molecule has 2 nitrogen and oxygen atoms in total. The van der Waals surface area contributed by atoms with Gasteiger partial charge in [-0.1, -0.05) is 26.7 Å². The van der Waals surface area contributed by atoms with E-state index >= 15 is 0 Å². The molecule has 0 amide bonds. The molecule has 0 rings (SSSR count). The van der Waals surface area contributed by atoms with Crippen LogP contribution in [0.1, 0.15) is 59.8 Å². The van der Waals surface area contributed by atoms with Crippen molar-refractivity contribution in [2.75, 3.05) is 0 Å². The number of carbonyl (C=O) groups excluding carboxylic acids is 1. The van der Waals surface area contributed by atoms with Gasteiger partial charge in [0.15, 0.2) is 0 Å². The van der Waals surface area contributed by atoms with E-state index in [-0.39, 0.29) is 5.54 Å². The van der Waals surface area contributed by atoms with Gasteiger partial charge in [0.2, 0.25) is 0 Å². The first-order valence-electron chi connectivity index (χ1n) is 5.69. The summed E-state index contributed by atoms with van der Waals surface area (Å²) in [6.07, 6.45) is 4.39. The van der Waals surface area contributed by atoms with Gasteiger partial charge in [-0.2, -0.15) is 0 Å². The molecule has 0 radical (unpaired) electrons. The van der Waals surface area contributed by atoms with Gasteiger partial charge in [0.05, 0.1) is 0 Å². The molecule has 0 atom stereocenters. The van der Waals surface area contributed by atoms with Gasteiger partial charge in [-0.15, -0.1) is 0 Å². The summed E-state index contributed by atoms with van der Waals surface area (Å²) in [5.74, 6) is 0.945. The lowest BCUT2D eigenvalue weighted by Gasteiger charge is -2.18. The molecular weight excluding hydrogens is 174 g/mol. The van der Waals surface area contributed by atoms with Crippen molar-refractivity contribution >= 4 is 5.78 Å². The van der Waals surface area contributed by atoms with Gasteiger partial charge < -0.3 is 5.73 Å². The summed E-state index contributed by atoms with van der Waals surface area (Å²) in [6, 6.07) is 0. The molecule has 0 aromatic rings. The molecule has 0 bridgehead atoms. The van der Waals surface area contributed by atoms with Crippen LogP contribution in [0.2, 0.25) is 0 Å². The number of ketones is 1. The Kier molecular flexibility index (Phi) is 6.01. The maximum Gasteiger partial charge on any atom is 0.133 e. The molecule has 2 heteroatoms. The minimum Gasteiger partial charge on any atom is -0.326 e. The fraction of sp³-hybridized carbons (Fsp3) is 0.917. The maximum atomic E-state index is 11.6. The van der Waals surface area contributed by atoms with Gasteiger partial charge in [0.25, 0.3) is 0 Å². The lowest BCUT2D eigenvalue weighted by atomic mass is 9.92. The monoisotopic (exact) mass is 199 g/mol. The summed E-state index contributed by atoms with van der Waals surface area (Å²) in [5, 5.41) is 0. The first-order chi connectivity index (χ1) is 6.39. The number of carbonyl (C=O) groups is 1. The third-order valence-corrected chi connectivity index (χ3v) is 2.72. The first-order valence-corrected chi connectivity index (χ1v) is 5.69. The molecule has 0 saturated carbocycles. The summed E-state index contributed by atoms with van der Waals surface area (Å²) in [6.45, 7) is 8.23. The van der Waals surface area contributed by atoms with Gasteiger partial charge >= 0.3 is 0 Å². The zero-order valence-electron chi connectivity index (χ0n) is 10.1. The van der Waals surface area contributed by atoms with Crippen molar-refractivity contribution in [2.24, 2.45) is 11.7 Å². The Morgan fingerprint density at radius 1 is 1.29 bits per heavy atom. The summed E-state index contributed by atoms with van der Waals surface area (Å²) >= 11 is 0. The normalized spacial score (nSPS) is 12.1. The zero-order valence-corrected chi connectivity index (χ0v) is 10.1. The van der Waals surface area contributed by atoms with Gasteiger partial charge in [-0.3, -0.25) is 4.79 Å². The number of hydrogen-bond acceptors (Lipinski definition) is 2. The van der Waals surface area contributed by atoms with Crippen molar-refractivity contribution in [3.8, 4) is 0 Å². The molecule has 14 heavy (non-hydrogen) atoms. The van der Waals surface area contributed by atoms with Crippen LogP contribution in [0.4, 0.5) is 0 Å². The van der Waals surface area contributed by atoms with Crippen molar-refractivity contribution in [1.29, 1.82) is 0 Å². The van der Waals surface area contributed by atoms with E-state index in [4.69, 9.17) is 5.73 Å². The number of rotatable bonds is 7. The summed E-state index contributed by atoms with van der Waals surface area (Å²) in [5.41, 5.74) is 5.62. The minimum absolute atomic E-state index is 0.205. The van der Waals surface area contributed by atoms with Crippen LogP contribution >= 0.6 is 0 Å². The van der Waals surface area contributed by atoms with Gasteiger partial charge in [-0.05, 0) is 26.2 Å². The highest BCUT2D eigenvalue weighted by molar-refractivity contribution is 5.78. The van der Waals surface area contributed by atoms with Crippen molar-refractivity contribution in [3.05, 3.63) is 0 Å². The van der Waals surface area contributed by atoms with Crippen LogP contribution in [-0.4, -0.2) is 11.3 Å². The molecule has 0 unspecified atom stereocenters. The van der Waals surface area contributed by atoms with Crippen LogP contribution in [0.25, 0.3) is 0 Å². The highest BCUT2D eigenvalue weighted by Crippen LogP contribution is 2.16. The Morgan fingerprint density at radius 3 is 2.14 bits per heavy atom. The Morgan fingerprint density at radius 2 is 1.79 bits per heavy atom. The fourth-order valence-corrected chi connectivity index (χ4v) is 1.46. The van der Waals surface area contributed by atoms with Crippen molar-refractivity contribution in [1.82, 2.24) is 0 Å². The van der Waals surface area contributed by atoms with Crippen LogP contribution in [0, 0.1) is 5.92 Å². The number of nitrogens with two attached hydrogens (primary N) is 1. The molecule has 2 N–H and O–H groups in total. The number of hydrogen-bond donors (Lipinski definition) is 1. The van der Waals surface area contributed by atoms with E-state index in [0.717, 1.165) is 25.7 Å². The molecule has 84 valence electrons. The van der Waals surface area contributed by atoms with E-state index in [0.29, 0.717) is 18.1 Å². The lowest BCUT2D eigenvalue weighted by Crippen LogP contribution is -2.32. The Hall–Kier alpha value is -0.370. The summed E-state index contributed by atoms with van der Waals surface area (Å²) in [4.78, 5) is 11.6. The van der Waals surface area contributed by atoms with Gasteiger partial charge in [-0.25, -0.2) is 0 Å². The van der Waals surface area contributed by atoms with Crippen LogP contribution in [0.15, 0.2) is 0 Å². The smallest absolute Gasteiger partial charge is 0.133 e. The first kappa shape index (κ1) is 13.6. The summed E-state index contributed by atoms with van der Waals surface area (Å²) < 4.78 is 0. The predicted molar refractivity (Wildman–Crippen MR) is 61.2 cm³/mol. The molecule has 0 aliphatic rings. The predicted octanol–water partition coefficient (Wildman–Crippen LogP) is 2.90. The quantitative estimate of drug-likeness (QED) is 0.685. The third-order valence-electron chi connectivity index (χ3n) is 2.72. The SMILES string of the molecule is CCC(CC)CC(=O)CCC(C)(C)N. The van der Waals surface area contributed by atoms with Crippen molar-refractivity contribution < 1.29 is 4.79 Å². The highest BCUT2D eigenvalue weighted by Gasteiger charge is 2.15. The van der Waals surface area contributed by atoms with E-state index in [2.05, 4.69) is 13.8 Å². The molecule has 0 heterocycles. The molecular formula is C12H25NO. The molecule has 0 saturated heterocycles. The highest BCUT2D eigenvalue weighted by atomic mass is 16.1. The van der Waals surface area contributed by atoms with Crippen molar-refractivity contribution in [2.45, 2.75) is 65.3 Å². The van der Waals surface area contributed by atoms with E-state index in [1.54, 1.807) is 0 Å². The fourth-order valence-electron chi connectivity index (χ4n) is 1.46. The van der Waals surface area contributed by atoms with E-state index < -0.39 is 0 Å². The average Bonchev–Trinajstić information content (AvgIpc) is 2.09. The second-order valence-corrected chi connectivity index (χ2v) is 4.91. The molecule has 0 fully saturated rings. The Balaban J connectivity index is 3.75. The van der Waals surface area contributed by atoms with Crippen LogP contribution in [0.3, 0.4) is 0 Å². The number of Topliss-reactive ketones (excluding diaryl/α,β-unsaturated/α-hetero) is 1. The van der Waals surface area contributed by atoms with E-state index in [1.165, 1.54) is 0 Å².